The van der Waals surface area contributed by atoms with E-state index in [9.17, 15) is 9.90 Å². The van der Waals surface area contributed by atoms with Gasteiger partial charge in [-0.2, -0.15) is 0 Å². The average Bonchev–Trinajstić information content (AvgIpc) is 2.64. The van der Waals surface area contributed by atoms with Gasteiger partial charge in [0.05, 0.1) is 11.5 Å². The molecule has 1 saturated heterocycles. The molecule has 0 atom stereocenters. The molecule has 19 heavy (non-hydrogen) atoms. The van der Waals surface area contributed by atoms with E-state index >= 15 is 0 Å². The van der Waals surface area contributed by atoms with Gasteiger partial charge >= 0.3 is 0 Å². The van der Waals surface area contributed by atoms with E-state index < -0.39 is 0 Å². The Morgan fingerprint density at radius 2 is 2.32 bits per heavy atom. The summed E-state index contributed by atoms with van der Waals surface area (Å²) in [4.78, 5) is 12.1. The number of nitrogens with one attached hydrogen (secondary N) is 1. The van der Waals surface area contributed by atoms with Crippen molar-refractivity contribution >= 4 is 56.2 Å². The third kappa shape index (κ3) is 3.29. The van der Waals surface area contributed by atoms with Crippen molar-refractivity contribution in [3.8, 4) is 11.5 Å². The van der Waals surface area contributed by atoms with Crippen LogP contribution in [0.3, 0.4) is 0 Å². The molecule has 0 aromatic heterocycles. The Morgan fingerprint density at radius 3 is 2.89 bits per heavy atom. The van der Waals surface area contributed by atoms with E-state index in [1.54, 1.807) is 12.1 Å². The standard InChI is InChI=1S/C12H10BrNO3S2/c1-2-17-9-3-6(7(13)5-8(9)15)4-10-11(16)14-12(18)19-10/h3-5,15H,2H2,1H3,(H,14,16,18)/b10-4-. The fourth-order valence-electron chi connectivity index (χ4n) is 1.50. The lowest BCUT2D eigenvalue weighted by Crippen LogP contribution is -2.17. The van der Waals surface area contributed by atoms with E-state index in [0.717, 1.165) is 5.56 Å². The van der Waals surface area contributed by atoms with Crippen molar-refractivity contribution in [2.45, 2.75) is 6.92 Å². The number of rotatable bonds is 3. The zero-order valence-corrected chi connectivity index (χ0v) is 13.1. The van der Waals surface area contributed by atoms with Gasteiger partial charge in [0, 0.05) is 4.47 Å². The zero-order chi connectivity index (χ0) is 14.0. The quantitative estimate of drug-likeness (QED) is 0.641. The van der Waals surface area contributed by atoms with Gasteiger partial charge < -0.3 is 15.2 Å². The summed E-state index contributed by atoms with van der Waals surface area (Å²) in [6.07, 6.45) is 1.70. The van der Waals surface area contributed by atoms with E-state index in [-0.39, 0.29) is 11.7 Å². The molecule has 0 unspecified atom stereocenters. The number of amides is 1. The molecule has 0 saturated carbocycles. The molecule has 1 aliphatic heterocycles. The number of phenolic OH excluding ortho intramolecular Hbond substituents is 1. The predicted molar refractivity (Wildman–Crippen MR) is 83.3 cm³/mol. The van der Waals surface area contributed by atoms with Crippen LogP contribution >= 0.6 is 39.9 Å². The molecule has 2 rings (SSSR count). The number of thioether (sulfide) groups is 1. The molecule has 4 nitrogen and oxygen atoms in total. The molecule has 1 aliphatic rings. The highest BCUT2D eigenvalue weighted by Gasteiger charge is 2.22. The Kier molecular flexibility index (Phi) is 4.49. The minimum Gasteiger partial charge on any atom is -0.504 e. The molecule has 1 amide bonds. The van der Waals surface area contributed by atoms with E-state index in [1.807, 2.05) is 6.92 Å². The molecule has 1 fully saturated rings. The normalized spacial score (nSPS) is 16.8. The lowest BCUT2D eigenvalue weighted by molar-refractivity contribution is -0.115. The largest absolute Gasteiger partial charge is 0.504 e. The summed E-state index contributed by atoms with van der Waals surface area (Å²) in [7, 11) is 0. The lowest BCUT2D eigenvalue weighted by Gasteiger charge is -2.08. The van der Waals surface area contributed by atoms with Crippen LogP contribution in [0.15, 0.2) is 21.5 Å². The summed E-state index contributed by atoms with van der Waals surface area (Å²) in [5, 5.41) is 12.3. The Balaban J connectivity index is 2.39. The van der Waals surface area contributed by atoms with Crippen molar-refractivity contribution in [2.24, 2.45) is 0 Å². The summed E-state index contributed by atoms with van der Waals surface area (Å²) in [6.45, 7) is 2.28. The van der Waals surface area contributed by atoms with Crippen LogP contribution in [0.5, 0.6) is 11.5 Å². The number of carbonyl (C=O) groups excluding carboxylic acids is 1. The second kappa shape index (κ2) is 5.94. The SMILES string of the molecule is CCOc1cc(/C=C2\SC(=S)NC2=O)c(Br)cc1O. The van der Waals surface area contributed by atoms with Gasteiger partial charge in [-0.25, -0.2) is 0 Å². The van der Waals surface area contributed by atoms with Crippen LogP contribution in [-0.4, -0.2) is 21.9 Å². The number of aromatic hydroxyl groups is 1. The van der Waals surface area contributed by atoms with Crippen molar-refractivity contribution in [1.82, 2.24) is 5.32 Å². The molecular formula is C12H10BrNO3S2. The monoisotopic (exact) mass is 359 g/mol. The first kappa shape index (κ1) is 14.4. The minimum absolute atomic E-state index is 0.0509. The van der Waals surface area contributed by atoms with Gasteiger partial charge in [-0.3, -0.25) is 4.79 Å². The summed E-state index contributed by atoms with van der Waals surface area (Å²) < 4.78 is 6.43. The summed E-state index contributed by atoms with van der Waals surface area (Å²) >= 11 is 9.47. The van der Waals surface area contributed by atoms with E-state index in [1.165, 1.54) is 17.8 Å². The first-order valence-electron chi connectivity index (χ1n) is 5.41. The van der Waals surface area contributed by atoms with Crippen molar-refractivity contribution in [3.05, 3.63) is 27.1 Å². The fourth-order valence-corrected chi connectivity index (χ4v) is 2.98. The number of carbonyl (C=O) groups is 1. The second-order valence-corrected chi connectivity index (χ2v) is 6.20. The van der Waals surface area contributed by atoms with E-state index in [2.05, 4.69) is 21.2 Å². The topological polar surface area (TPSA) is 58.6 Å². The molecule has 2 N–H and O–H groups in total. The van der Waals surface area contributed by atoms with Gasteiger partial charge in [0.25, 0.3) is 5.91 Å². The van der Waals surface area contributed by atoms with Crippen molar-refractivity contribution in [1.29, 1.82) is 0 Å². The summed E-state index contributed by atoms with van der Waals surface area (Å²) in [5.41, 5.74) is 0.739. The van der Waals surface area contributed by atoms with E-state index in [4.69, 9.17) is 17.0 Å². The zero-order valence-electron chi connectivity index (χ0n) is 9.90. The molecule has 0 spiro atoms. The highest BCUT2D eigenvalue weighted by atomic mass is 79.9. The number of benzene rings is 1. The minimum atomic E-state index is -0.215. The van der Waals surface area contributed by atoms with Crippen LogP contribution in [-0.2, 0) is 4.79 Å². The maximum atomic E-state index is 11.6. The molecule has 0 radical (unpaired) electrons. The number of phenols is 1. The summed E-state index contributed by atoms with van der Waals surface area (Å²) in [6, 6.07) is 3.21. The van der Waals surface area contributed by atoms with Gasteiger partial charge in [0.15, 0.2) is 11.5 Å². The molecule has 0 aliphatic carbocycles. The second-order valence-electron chi connectivity index (χ2n) is 3.63. The Morgan fingerprint density at radius 1 is 1.58 bits per heavy atom. The molecule has 100 valence electrons. The number of ether oxygens (including phenoxy) is 1. The molecule has 1 aromatic carbocycles. The third-order valence-electron chi connectivity index (χ3n) is 2.31. The van der Waals surface area contributed by atoms with Crippen molar-refractivity contribution < 1.29 is 14.6 Å². The molecule has 1 aromatic rings. The Labute approximate surface area is 128 Å². The summed E-state index contributed by atoms with van der Waals surface area (Å²) in [5.74, 6) is 0.214. The van der Waals surface area contributed by atoms with Crippen LogP contribution in [0, 0.1) is 0 Å². The molecule has 1 heterocycles. The molecule has 7 heteroatoms. The van der Waals surface area contributed by atoms with Gasteiger partial charge in [0.1, 0.15) is 4.32 Å². The van der Waals surface area contributed by atoms with Crippen LogP contribution in [0.1, 0.15) is 12.5 Å². The van der Waals surface area contributed by atoms with Gasteiger partial charge in [-0.15, -0.1) is 0 Å². The van der Waals surface area contributed by atoms with Crippen LogP contribution in [0.4, 0.5) is 0 Å². The Hall–Kier alpha value is -1.05. The maximum Gasteiger partial charge on any atom is 0.263 e. The molecule has 0 bridgehead atoms. The van der Waals surface area contributed by atoms with Crippen molar-refractivity contribution in [3.63, 3.8) is 0 Å². The predicted octanol–water partition coefficient (Wildman–Crippen LogP) is 3.04. The number of hydrogen-bond donors (Lipinski definition) is 2. The van der Waals surface area contributed by atoms with Crippen LogP contribution in [0.25, 0.3) is 6.08 Å². The Bertz CT molecular complexity index is 587. The van der Waals surface area contributed by atoms with Gasteiger partial charge in [-0.05, 0) is 30.7 Å². The van der Waals surface area contributed by atoms with Gasteiger partial charge in [-0.1, -0.05) is 39.9 Å². The van der Waals surface area contributed by atoms with E-state index in [0.29, 0.717) is 26.1 Å². The first-order valence-corrected chi connectivity index (χ1v) is 7.43. The van der Waals surface area contributed by atoms with Crippen LogP contribution < -0.4 is 10.1 Å². The molecular weight excluding hydrogens is 350 g/mol. The maximum absolute atomic E-state index is 11.6. The first-order chi connectivity index (χ1) is 9.01. The fraction of sp³-hybridized carbons (Fsp3) is 0.167. The number of thiocarbonyl (C=S) groups is 1. The average molecular weight is 360 g/mol. The van der Waals surface area contributed by atoms with Crippen LogP contribution in [0.2, 0.25) is 0 Å². The third-order valence-corrected chi connectivity index (χ3v) is 4.16. The van der Waals surface area contributed by atoms with Crippen molar-refractivity contribution in [2.75, 3.05) is 6.61 Å². The highest BCUT2D eigenvalue weighted by molar-refractivity contribution is 9.10. The number of hydrogen-bond acceptors (Lipinski definition) is 5. The smallest absolute Gasteiger partial charge is 0.263 e. The highest BCUT2D eigenvalue weighted by Crippen LogP contribution is 2.35. The number of halogens is 1. The van der Waals surface area contributed by atoms with Gasteiger partial charge in [0.2, 0.25) is 0 Å². The lowest BCUT2D eigenvalue weighted by atomic mass is 10.2.